The van der Waals surface area contributed by atoms with Crippen LogP contribution in [0.2, 0.25) is 0 Å². The molecule has 1 N–H and O–H groups in total. The molecule has 2 aliphatic rings. The Balaban J connectivity index is 1.44. The lowest BCUT2D eigenvalue weighted by Gasteiger charge is -2.39. The number of aromatic nitrogens is 2. The Morgan fingerprint density at radius 3 is 2.62 bits per heavy atom. The van der Waals surface area contributed by atoms with E-state index >= 15 is 0 Å². The van der Waals surface area contributed by atoms with E-state index in [2.05, 4.69) is 17.0 Å². The smallest absolute Gasteiger partial charge is 0.343 e. The van der Waals surface area contributed by atoms with Gasteiger partial charge < -0.3 is 14.3 Å². The molecule has 2 heterocycles. The highest BCUT2D eigenvalue weighted by Gasteiger charge is 2.48. The number of quaternary nitrogens is 1. The maximum absolute atomic E-state index is 13.4. The van der Waals surface area contributed by atoms with Crippen LogP contribution in [-0.4, -0.2) is 58.3 Å². The number of rotatable bonds is 8. The fourth-order valence-corrected chi connectivity index (χ4v) is 5.58. The van der Waals surface area contributed by atoms with Crippen molar-refractivity contribution in [2.45, 2.75) is 63.0 Å². The molecular formula is C26H36N3O3+. The van der Waals surface area contributed by atoms with Crippen LogP contribution in [0.5, 0.6) is 0 Å². The second-order valence-corrected chi connectivity index (χ2v) is 9.74. The number of benzene rings is 1. The summed E-state index contributed by atoms with van der Waals surface area (Å²) >= 11 is 0. The molecule has 32 heavy (non-hydrogen) atoms. The highest BCUT2D eigenvalue weighted by Crippen LogP contribution is 2.40. The van der Waals surface area contributed by atoms with E-state index in [9.17, 15) is 9.90 Å². The molecule has 0 amide bonds. The third-order valence-electron chi connectivity index (χ3n) is 7.71. The van der Waals surface area contributed by atoms with Crippen molar-refractivity contribution in [3.05, 3.63) is 60.2 Å². The van der Waals surface area contributed by atoms with Gasteiger partial charge in [0.05, 0.1) is 25.8 Å². The summed E-state index contributed by atoms with van der Waals surface area (Å²) in [4.78, 5) is 22.0. The average molecular weight is 439 g/mol. The van der Waals surface area contributed by atoms with Gasteiger partial charge in [0, 0.05) is 43.8 Å². The largest absolute Gasteiger partial charge is 0.457 e. The summed E-state index contributed by atoms with van der Waals surface area (Å²) in [6, 6.07) is 9.62. The average Bonchev–Trinajstić information content (AvgIpc) is 3.23. The number of nitrogens with zero attached hydrogens (tertiary/aromatic N) is 3. The molecule has 4 rings (SSSR count). The molecular weight excluding hydrogens is 402 g/mol. The molecule has 6 nitrogen and oxygen atoms in total. The number of likely N-dealkylation sites (N-methyl/N-ethyl adjacent to an activating group) is 1. The Morgan fingerprint density at radius 1 is 1.12 bits per heavy atom. The van der Waals surface area contributed by atoms with E-state index in [-0.39, 0.29) is 12.0 Å². The van der Waals surface area contributed by atoms with Crippen LogP contribution in [0.1, 0.15) is 56.2 Å². The van der Waals surface area contributed by atoms with E-state index < -0.39 is 11.6 Å². The van der Waals surface area contributed by atoms with Crippen molar-refractivity contribution in [1.82, 2.24) is 9.97 Å². The molecule has 0 spiro atoms. The zero-order valence-electron chi connectivity index (χ0n) is 19.2. The monoisotopic (exact) mass is 438 g/mol. The van der Waals surface area contributed by atoms with E-state index in [0.29, 0.717) is 12.2 Å². The lowest BCUT2D eigenvalue weighted by atomic mass is 9.73. The Morgan fingerprint density at radius 2 is 1.91 bits per heavy atom. The van der Waals surface area contributed by atoms with Gasteiger partial charge in [-0.1, -0.05) is 49.6 Å². The summed E-state index contributed by atoms with van der Waals surface area (Å²) in [5.74, 6) is -0.574. The van der Waals surface area contributed by atoms with Crippen molar-refractivity contribution in [3.63, 3.8) is 0 Å². The van der Waals surface area contributed by atoms with Crippen molar-refractivity contribution in [2.75, 3.05) is 26.7 Å². The zero-order valence-corrected chi connectivity index (χ0v) is 19.2. The van der Waals surface area contributed by atoms with E-state index in [1.54, 1.807) is 12.4 Å². The topological polar surface area (TPSA) is 72.3 Å². The molecule has 0 radical (unpaired) electrons. The number of carbonyl (C=O) groups is 1. The Kier molecular flexibility index (Phi) is 7.21. The maximum atomic E-state index is 13.4. The summed E-state index contributed by atoms with van der Waals surface area (Å²) in [6.07, 6.45) is 13.2. The predicted octanol–water partition coefficient (Wildman–Crippen LogP) is 3.64. The van der Waals surface area contributed by atoms with E-state index in [1.807, 2.05) is 36.5 Å². The Bertz CT molecular complexity index is 872. The maximum Gasteiger partial charge on any atom is 0.343 e. The number of esters is 1. The minimum Gasteiger partial charge on any atom is -0.457 e. The van der Waals surface area contributed by atoms with Crippen LogP contribution in [0.4, 0.5) is 0 Å². The second-order valence-electron chi connectivity index (χ2n) is 9.74. The summed E-state index contributed by atoms with van der Waals surface area (Å²) in [6.45, 7) is 2.35. The van der Waals surface area contributed by atoms with Gasteiger partial charge in [-0.05, 0) is 18.4 Å². The molecule has 172 valence electrons. The molecule has 2 fully saturated rings. The first-order valence-corrected chi connectivity index (χ1v) is 12.1. The van der Waals surface area contributed by atoms with Gasteiger partial charge in [-0.3, -0.25) is 9.97 Å². The molecule has 1 aliphatic heterocycles. The summed E-state index contributed by atoms with van der Waals surface area (Å²) < 4.78 is 6.77. The number of hydrogen-bond acceptors (Lipinski definition) is 5. The van der Waals surface area contributed by atoms with Crippen molar-refractivity contribution >= 4 is 5.97 Å². The van der Waals surface area contributed by atoms with E-state index in [4.69, 9.17) is 4.74 Å². The molecule has 1 aromatic carbocycles. The normalized spacial score (nSPS) is 25.9. The summed E-state index contributed by atoms with van der Waals surface area (Å²) in [7, 11) is 2.24. The van der Waals surface area contributed by atoms with Gasteiger partial charge in [-0.25, -0.2) is 4.79 Å². The van der Waals surface area contributed by atoms with Crippen LogP contribution in [0.25, 0.3) is 0 Å². The number of aliphatic hydroxyl groups is 1. The number of hydrogen-bond donors (Lipinski definition) is 1. The molecule has 1 saturated carbocycles. The summed E-state index contributed by atoms with van der Waals surface area (Å²) in [5, 5.41) is 11.7. The van der Waals surface area contributed by atoms with Crippen molar-refractivity contribution in [2.24, 2.45) is 5.92 Å². The third-order valence-corrected chi connectivity index (χ3v) is 7.71. The standard InChI is InChI=1S/C26H36N3O3/c1-29(18-14-23-19-27-15-16-28-23)17-8-13-24(29)20-32-25(30)26(31,21-9-4-2-5-10-21)22-11-6-3-7-12-22/h2,4-5,9-10,15-16,19,22,24,31H,3,6-8,11-14,17-18,20H2,1H3/q+1/t24?,26?,29-/m1/s1. The van der Waals surface area contributed by atoms with Crippen LogP contribution in [0.3, 0.4) is 0 Å². The van der Waals surface area contributed by atoms with E-state index in [0.717, 1.165) is 68.2 Å². The van der Waals surface area contributed by atoms with Gasteiger partial charge in [-0.15, -0.1) is 0 Å². The van der Waals surface area contributed by atoms with Crippen molar-refractivity contribution in [3.8, 4) is 0 Å². The van der Waals surface area contributed by atoms with Gasteiger partial charge in [0.15, 0.2) is 5.60 Å². The first-order valence-electron chi connectivity index (χ1n) is 12.1. The predicted molar refractivity (Wildman–Crippen MR) is 123 cm³/mol. The first kappa shape index (κ1) is 22.9. The van der Waals surface area contributed by atoms with Gasteiger partial charge in [0.1, 0.15) is 12.6 Å². The van der Waals surface area contributed by atoms with Crippen molar-refractivity contribution < 1.29 is 19.1 Å². The minimum absolute atomic E-state index is 0.0905. The Labute approximate surface area is 191 Å². The van der Waals surface area contributed by atoms with Gasteiger partial charge >= 0.3 is 5.97 Å². The molecule has 1 saturated heterocycles. The SMILES string of the molecule is C[N@+]1(CCc2cnccn2)CCCC1COC(=O)C(O)(c1ccccc1)C1CCCCC1. The molecule has 1 aliphatic carbocycles. The fourth-order valence-electron chi connectivity index (χ4n) is 5.58. The van der Waals surface area contributed by atoms with Crippen molar-refractivity contribution in [1.29, 1.82) is 0 Å². The molecule has 0 bridgehead atoms. The third kappa shape index (κ3) is 4.86. The zero-order chi connectivity index (χ0) is 22.4. The van der Waals surface area contributed by atoms with Gasteiger partial charge in [-0.2, -0.15) is 0 Å². The Hall–Kier alpha value is -2.31. The molecule has 2 unspecified atom stereocenters. The number of ether oxygens (including phenoxy) is 1. The number of likely N-dealkylation sites (tertiary alicyclic amines) is 1. The van der Waals surface area contributed by atoms with Crippen LogP contribution in [-0.2, 0) is 21.6 Å². The lowest BCUT2D eigenvalue weighted by Crippen LogP contribution is -2.52. The van der Waals surface area contributed by atoms with Gasteiger partial charge in [0.25, 0.3) is 0 Å². The first-order chi connectivity index (χ1) is 15.5. The highest BCUT2D eigenvalue weighted by molar-refractivity contribution is 5.81. The van der Waals surface area contributed by atoms with Gasteiger partial charge in [0.2, 0.25) is 0 Å². The molecule has 2 aromatic rings. The second kappa shape index (κ2) is 10.1. The number of carbonyl (C=O) groups excluding carboxylic acids is 1. The van der Waals surface area contributed by atoms with Crippen LogP contribution in [0, 0.1) is 5.92 Å². The summed E-state index contributed by atoms with van der Waals surface area (Å²) in [5.41, 5.74) is 0.0806. The minimum atomic E-state index is -1.57. The highest BCUT2D eigenvalue weighted by atomic mass is 16.6. The molecule has 6 heteroatoms. The molecule has 1 aromatic heterocycles. The van der Waals surface area contributed by atoms with Crippen LogP contribution in [0.15, 0.2) is 48.9 Å². The fraction of sp³-hybridized carbons (Fsp3) is 0.577. The molecule has 3 atom stereocenters. The van der Waals surface area contributed by atoms with E-state index in [1.165, 1.54) is 6.42 Å². The van der Waals surface area contributed by atoms with Crippen LogP contribution >= 0.6 is 0 Å². The van der Waals surface area contributed by atoms with Crippen LogP contribution < -0.4 is 0 Å². The lowest BCUT2D eigenvalue weighted by molar-refractivity contribution is -0.921. The quantitative estimate of drug-likeness (QED) is 0.503.